The zero-order chi connectivity index (χ0) is 15.2. The molecule has 0 aromatic carbocycles. The van der Waals surface area contributed by atoms with Gasteiger partial charge in [0.05, 0.1) is 37.8 Å². The van der Waals surface area contributed by atoms with Gasteiger partial charge in [0.25, 0.3) is 0 Å². The van der Waals surface area contributed by atoms with Crippen LogP contribution in [-0.2, 0) is 11.8 Å². The molecule has 0 saturated carbocycles. The highest BCUT2D eigenvalue weighted by atomic mass is 16.5. The molecule has 120 valence electrons. The molecule has 1 N–H and O–H groups in total. The van der Waals surface area contributed by atoms with Crippen molar-refractivity contribution in [1.82, 2.24) is 20.0 Å². The van der Waals surface area contributed by atoms with E-state index < -0.39 is 0 Å². The number of hydrogen-bond acceptors (Lipinski definition) is 5. The molecule has 21 heavy (non-hydrogen) atoms. The molecule has 2 atom stereocenters. The maximum Gasteiger partial charge on any atom is 0.161 e. The molecule has 0 amide bonds. The van der Waals surface area contributed by atoms with E-state index >= 15 is 0 Å². The van der Waals surface area contributed by atoms with E-state index in [4.69, 9.17) is 9.47 Å². The first kappa shape index (κ1) is 16.3. The van der Waals surface area contributed by atoms with Crippen LogP contribution in [0.15, 0.2) is 6.20 Å². The van der Waals surface area contributed by atoms with E-state index in [-0.39, 0.29) is 12.1 Å². The summed E-state index contributed by atoms with van der Waals surface area (Å²) in [4.78, 5) is 2.47. The maximum absolute atomic E-state index is 6.05. The summed E-state index contributed by atoms with van der Waals surface area (Å²) in [6.07, 6.45) is 3.06. The van der Waals surface area contributed by atoms with E-state index in [1.54, 1.807) is 13.3 Å². The summed E-state index contributed by atoms with van der Waals surface area (Å²) < 4.78 is 13.4. The molecule has 2 rings (SSSR count). The molecule has 2 heterocycles. The van der Waals surface area contributed by atoms with Crippen molar-refractivity contribution in [2.75, 3.05) is 39.9 Å². The van der Waals surface area contributed by atoms with E-state index in [1.165, 1.54) is 6.42 Å². The summed E-state index contributed by atoms with van der Waals surface area (Å²) in [7, 11) is 3.64. The minimum Gasteiger partial charge on any atom is -0.493 e. The summed E-state index contributed by atoms with van der Waals surface area (Å²) in [6, 6.07) is 0.0945. The Morgan fingerprint density at radius 1 is 1.52 bits per heavy atom. The second kappa shape index (κ2) is 7.77. The van der Waals surface area contributed by atoms with Crippen LogP contribution in [0.5, 0.6) is 5.75 Å². The van der Waals surface area contributed by atoms with E-state index in [1.807, 2.05) is 11.7 Å². The van der Waals surface area contributed by atoms with Crippen molar-refractivity contribution in [3.05, 3.63) is 11.9 Å². The smallest absolute Gasteiger partial charge is 0.161 e. The highest BCUT2D eigenvalue weighted by Gasteiger charge is 2.32. The standard InChI is InChI=1S/C15H28N4O2/c1-5-7-19-8-9-21-13(11-19)14(16-6-2)15-12(20-4)10-17-18(15)3/h10,13-14,16H,5-9,11H2,1-4H3. The number of aryl methyl sites for hydroxylation is 1. The van der Waals surface area contributed by atoms with Crippen LogP contribution in [0.1, 0.15) is 32.0 Å². The lowest BCUT2D eigenvalue weighted by molar-refractivity contribution is -0.0483. The van der Waals surface area contributed by atoms with Crippen LogP contribution in [0.2, 0.25) is 0 Å². The Kier molecular flexibility index (Phi) is 6.02. The highest BCUT2D eigenvalue weighted by Crippen LogP contribution is 2.29. The third-order valence-corrected chi connectivity index (χ3v) is 3.98. The predicted molar refractivity (Wildman–Crippen MR) is 82.6 cm³/mol. The Hall–Kier alpha value is -1.11. The summed E-state index contributed by atoms with van der Waals surface area (Å²) in [6.45, 7) is 9.09. The first-order valence-corrected chi connectivity index (χ1v) is 7.84. The molecule has 0 spiro atoms. The number of rotatable bonds is 7. The summed E-state index contributed by atoms with van der Waals surface area (Å²) in [5, 5.41) is 7.86. The second-order valence-corrected chi connectivity index (χ2v) is 5.47. The van der Waals surface area contributed by atoms with Crippen LogP contribution < -0.4 is 10.1 Å². The third-order valence-electron chi connectivity index (χ3n) is 3.98. The average molecular weight is 296 g/mol. The molecule has 6 nitrogen and oxygen atoms in total. The van der Waals surface area contributed by atoms with Crippen molar-refractivity contribution in [2.24, 2.45) is 7.05 Å². The number of ether oxygens (including phenoxy) is 2. The van der Waals surface area contributed by atoms with Crippen molar-refractivity contribution in [3.8, 4) is 5.75 Å². The fourth-order valence-electron chi connectivity index (χ4n) is 3.02. The van der Waals surface area contributed by atoms with Gasteiger partial charge in [-0.1, -0.05) is 13.8 Å². The molecule has 1 fully saturated rings. The summed E-state index contributed by atoms with van der Waals surface area (Å²) >= 11 is 0. The summed E-state index contributed by atoms with van der Waals surface area (Å²) in [5.41, 5.74) is 1.06. The molecule has 1 aliphatic heterocycles. The first-order valence-electron chi connectivity index (χ1n) is 7.84. The van der Waals surface area contributed by atoms with Gasteiger partial charge in [0.2, 0.25) is 0 Å². The highest BCUT2D eigenvalue weighted by molar-refractivity contribution is 5.29. The average Bonchev–Trinajstić information content (AvgIpc) is 2.86. The predicted octanol–water partition coefficient (Wildman–Crippen LogP) is 1.19. The van der Waals surface area contributed by atoms with Crippen molar-refractivity contribution in [2.45, 2.75) is 32.4 Å². The Morgan fingerprint density at radius 2 is 2.33 bits per heavy atom. The Labute approximate surface area is 127 Å². The van der Waals surface area contributed by atoms with Gasteiger partial charge in [0.1, 0.15) is 0 Å². The van der Waals surface area contributed by atoms with Crippen LogP contribution in [0.4, 0.5) is 0 Å². The quantitative estimate of drug-likeness (QED) is 0.819. The van der Waals surface area contributed by atoms with Crippen molar-refractivity contribution >= 4 is 0 Å². The first-order chi connectivity index (χ1) is 10.2. The van der Waals surface area contributed by atoms with Crippen molar-refractivity contribution in [3.63, 3.8) is 0 Å². The van der Waals surface area contributed by atoms with Crippen LogP contribution in [0.3, 0.4) is 0 Å². The lowest BCUT2D eigenvalue weighted by Crippen LogP contribution is -2.48. The number of aromatic nitrogens is 2. The molecule has 2 unspecified atom stereocenters. The summed E-state index contributed by atoms with van der Waals surface area (Å²) in [5.74, 6) is 0.819. The fraction of sp³-hybridized carbons (Fsp3) is 0.800. The van der Waals surface area contributed by atoms with Crippen molar-refractivity contribution < 1.29 is 9.47 Å². The van der Waals surface area contributed by atoms with E-state index in [0.717, 1.165) is 44.2 Å². The van der Waals surface area contributed by atoms with E-state index in [2.05, 4.69) is 29.2 Å². The number of nitrogens with one attached hydrogen (secondary N) is 1. The molecule has 0 aliphatic carbocycles. The van der Waals surface area contributed by atoms with E-state index in [9.17, 15) is 0 Å². The number of hydrogen-bond donors (Lipinski definition) is 1. The monoisotopic (exact) mass is 296 g/mol. The van der Waals surface area contributed by atoms with Gasteiger partial charge in [0, 0.05) is 20.1 Å². The zero-order valence-corrected chi connectivity index (χ0v) is 13.6. The van der Waals surface area contributed by atoms with Gasteiger partial charge in [-0.15, -0.1) is 0 Å². The molecule has 1 aromatic rings. The zero-order valence-electron chi connectivity index (χ0n) is 13.6. The van der Waals surface area contributed by atoms with Crippen LogP contribution in [0, 0.1) is 0 Å². The second-order valence-electron chi connectivity index (χ2n) is 5.47. The van der Waals surface area contributed by atoms with Gasteiger partial charge >= 0.3 is 0 Å². The molecule has 0 radical (unpaired) electrons. The minimum atomic E-state index is 0.0945. The largest absolute Gasteiger partial charge is 0.493 e. The van der Waals surface area contributed by atoms with Gasteiger partial charge in [-0.3, -0.25) is 9.58 Å². The molecule has 0 bridgehead atoms. The molecule has 1 aliphatic rings. The Bertz CT molecular complexity index is 433. The van der Waals surface area contributed by atoms with Crippen LogP contribution in [-0.4, -0.2) is 60.7 Å². The lowest BCUT2D eigenvalue weighted by Gasteiger charge is -2.37. The van der Waals surface area contributed by atoms with Gasteiger partial charge < -0.3 is 14.8 Å². The molecule has 1 aromatic heterocycles. The van der Waals surface area contributed by atoms with Gasteiger partial charge in [-0.25, -0.2) is 0 Å². The molecular formula is C15H28N4O2. The molecular weight excluding hydrogens is 268 g/mol. The van der Waals surface area contributed by atoms with Gasteiger partial charge in [0.15, 0.2) is 5.75 Å². The number of likely N-dealkylation sites (N-methyl/N-ethyl adjacent to an activating group) is 1. The number of methoxy groups -OCH3 is 1. The molecule has 1 saturated heterocycles. The SMILES string of the molecule is CCCN1CCOC(C(NCC)c2c(OC)cnn2C)C1. The van der Waals surface area contributed by atoms with Crippen LogP contribution in [0.25, 0.3) is 0 Å². The van der Waals surface area contributed by atoms with E-state index in [0.29, 0.717) is 0 Å². The molecule has 6 heteroatoms. The number of nitrogens with zero attached hydrogens (tertiary/aromatic N) is 3. The minimum absolute atomic E-state index is 0.0945. The fourth-order valence-corrected chi connectivity index (χ4v) is 3.02. The Balaban J connectivity index is 2.19. The normalized spacial score (nSPS) is 21.4. The Morgan fingerprint density at radius 3 is 3.00 bits per heavy atom. The maximum atomic E-state index is 6.05. The third kappa shape index (κ3) is 3.75. The lowest BCUT2D eigenvalue weighted by atomic mass is 10.0. The number of morpholine rings is 1. The van der Waals surface area contributed by atoms with Gasteiger partial charge in [-0.05, 0) is 19.5 Å². The topological polar surface area (TPSA) is 51.6 Å². The van der Waals surface area contributed by atoms with Crippen LogP contribution >= 0.6 is 0 Å². The van der Waals surface area contributed by atoms with Gasteiger partial charge in [-0.2, -0.15) is 5.10 Å². The van der Waals surface area contributed by atoms with Crippen molar-refractivity contribution in [1.29, 1.82) is 0 Å².